The van der Waals surface area contributed by atoms with Gasteiger partial charge in [0.15, 0.2) is 11.5 Å². The zero-order chi connectivity index (χ0) is 20.2. The standard InChI is InChI=1S/C17H18FNO7S/c1-23-13-8-11(9-14(24-2)16(13)25-3)19-27(21,22)15-7-10(17(20)26-4)5-6-12(15)18/h5-9,19H,1-4H3. The number of rotatable bonds is 7. The molecule has 0 aliphatic rings. The highest BCUT2D eigenvalue weighted by Gasteiger charge is 2.23. The molecule has 0 radical (unpaired) electrons. The average Bonchev–Trinajstić information content (AvgIpc) is 2.66. The van der Waals surface area contributed by atoms with E-state index in [0.717, 1.165) is 25.3 Å². The molecule has 1 N–H and O–H groups in total. The Morgan fingerprint density at radius 3 is 2.04 bits per heavy atom. The van der Waals surface area contributed by atoms with E-state index < -0.39 is 26.7 Å². The van der Waals surface area contributed by atoms with E-state index in [9.17, 15) is 17.6 Å². The van der Waals surface area contributed by atoms with Gasteiger partial charge in [-0.3, -0.25) is 4.72 Å². The van der Waals surface area contributed by atoms with Crippen LogP contribution in [-0.4, -0.2) is 42.8 Å². The van der Waals surface area contributed by atoms with E-state index in [2.05, 4.69) is 9.46 Å². The molecular weight excluding hydrogens is 381 g/mol. The van der Waals surface area contributed by atoms with Gasteiger partial charge in [0.2, 0.25) is 5.75 Å². The molecule has 146 valence electrons. The number of carbonyl (C=O) groups excluding carboxylic acids is 1. The fourth-order valence-electron chi connectivity index (χ4n) is 2.30. The van der Waals surface area contributed by atoms with Crippen molar-refractivity contribution in [3.63, 3.8) is 0 Å². The summed E-state index contributed by atoms with van der Waals surface area (Å²) >= 11 is 0. The third-order valence-electron chi connectivity index (χ3n) is 3.56. The summed E-state index contributed by atoms with van der Waals surface area (Å²) in [5.74, 6) is -1.14. The largest absolute Gasteiger partial charge is 0.493 e. The number of methoxy groups -OCH3 is 4. The molecule has 0 amide bonds. The fourth-order valence-corrected chi connectivity index (χ4v) is 3.45. The maximum absolute atomic E-state index is 14.1. The third kappa shape index (κ3) is 4.22. The number of anilines is 1. The van der Waals surface area contributed by atoms with Crippen molar-refractivity contribution >= 4 is 21.7 Å². The minimum absolute atomic E-state index is 0.0485. The van der Waals surface area contributed by atoms with Crippen molar-refractivity contribution in [3.05, 3.63) is 41.7 Å². The van der Waals surface area contributed by atoms with Gasteiger partial charge >= 0.3 is 5.97 Å². The van der Waals surface area contributed by atoms with Gasteiger partial charge in [-0.15, -0.1) is 0 Å². The SMILES string of the molecule is COC(=O)c1ccc(F)c(S(=O)(=O)Nc2cc(OC)c(OC)c(OC)c2)c1. The second-order valence-corrected chi connectivity index (χ2v) is 6.81. The van der Waals surface area contributed by atoms with Gasteiger partial charge in [0.1, 0.15) is 10.7 Å². The maximum Gasteiger partial charge on any atom is 0.337 e. The molecule has 8 nitrogen and oxygen atoms in total. The Morgan fingerprint density at radius 1 is 0.963 bits per heavy atom. The summed E-state index contributed by atoms with van der Waals surface area (Å²) in [6.07, 6.45) is 0. The molecule has 27 heavy (non-hydrogen) atoms. The number of esters is 1. The van der Waals surface area contributed by atoms with Crippen LogP contribution in [0.4, 0.5) is 10.1 Å². The average molecular weight is 399 g/mol. The van der Waals surface area contributed by atoms with E-state index in [0.29, 0.717) is 0 Å². The molecule has 0 aliphatic heterocycles. The Hall–Kier alpha value is -3.01. The number of benzene rings is 2. The fraction of sp³-hybridized carbons (Fsp3) is 0.235. The predicted octanol–water partition coefficient (Wildman–Crippen LogP) is 2.44. The summed E-state index contributed by atoms with van der Waals surface area (Å²) in [5.41, 5.74) is -0.0588. The molecule has 0 aliphatic carbocycles. The molecule has 0 fully saturated rings. The van der Waals surface area contributed by atoms with Crippen molar-refractivity contribution in [2.45, 2.75) is 4.90 Å². The molecule has 10 heteroatoms. The van der Waals surface area contributed by atoms with Gasteiger partial charge < -0.3 is 18.9 Å². The summed E-state index contributed by atoms with van der Waals surface area (Å²) in [5, 5.41) is 0. The van der Waals surface area contributed by atoms with Crippen LogP contribution in [0.1, 0.15) is 10.4 Å². The van der Waals surface area contributed by atoms with Crippen molar-refractivity contribution in [2.24, 2.45) is 0 Å². The smallest absolute Gasteiger partial charge is 0.337 e. The second kappa shape index (κ2) is 8.12. The van der Waals surface area contributed by atoms with Gasteiger partial charge in [0, 0.05) is 12.1 Å². The van der Waals surface area contributed by atoms with E-state index >= 15 is 0 Å². The van der Waals surface area contributed by atoms with E-state index in [1.165, 1.54) is 33.5 Å². The van der Waals surface area contributed by atoms with Gasteiger partial charge in [-0.2, -0.15) is 0 Å². The molecule has 0 bridgehead atoms. The highest BCUT2D eigenvalue weighted by atomic mass is 32.2. The third-order valence-corrected chi connectivity index (χ3v) is 4.96. The molecule has 2 aromatic carbocycles. The first kappa shape index (κ1) is 20.3. The van der Waals surface area contributed by atoms with Gasteiger partial charge in [-0.05, 0) is 18.2 Å². The Bertz CT molecular complexity index is 935. The van der Waals surface area contributed by atoms with Crippen molar-refractivity contribution in [1.82, 2.24) is 0 Å². The number of halogens is 1. The number of carbonyl (C=O) groups is 1. The molecule has 2 aromatic rings. The quantitative estimate of drug-likeness (QED) is 0.714. The van der Waals surface area contributed by atoms with Crippen LogP contribution in [0.15, 0.2) is 35.2 Å². The normalized spacial score (nSPS) is 10.9. The summed E-state index contributed by atoms with van der Waals surface area (Å²) in [4.78, 5) is 10.9. The van der Waals surface area contributed by atoms with Crippen LogP contribution < -0.4 is 18.9 Å². The van der Waals surface area contributed by atoms with Crippen LogP contribution in [-0.2, 0) is 14.8 Å². The number of sulfonamides is 1. The Morgan fingerprint density at radius 2 is 1.56 bits per heavy atom. The van der Waals surface area contributed by atoms with Crippen molar-refractivity contribution in [2.75, 3.05) is 33.2 Å². The summed E-state index contributed by atoms with van der Waals surface area (Å²) in [7, 11) is 0.911. The lowest BCUT2D eigenvalue weighted by molar-refractivity contribution is 0.0600. The van der Waals surface area contributed by atoms with Gasteiger partial charge in [-0.25, -0.2) is 17.6 Å². The van der Waals surface area contributed by atoms with Crippen LogP contribution in [0, 0.1) is 5.82 Å². The van der Waals surface area contributed by atoms with E-state index in [4.69, 9.17) is 14.2 Å². The first-order valence-corrected chi connectivity index (χ1v) is 8.96. The van der Waals surface area contributed by atoms with Crippen LogP contribution in [0.5, 0.6) is 17.2 Å². The second-order valence-electron chi connectivity index (χ2n) is 5.16. The van der Waals surface area contributed by atoms with Gasteiger partial charge in [0.05, 0.1) is 39.7 Å². The van der Waals surface area contributed by atoms with Crippen LogP contribution in [0.25, 0.3) is 0 Å². The number of hydrogen-bond acceptors (Lipinski definition) is 7. The summed E-state index contributed by atoms with van der Waals surface area (Å²) < 4.78 is 61.6. The molecular formula is C17H18FNO7S. The van der Waals surface area contributed by atoms with Crippen LogP contribution in [0.2, 0.25) is 0 Å². The molecule has 0 heterocycles. The molecule has 2 rings (SSSR count). The molecule has 0 unspecified atom stereocenters. The molecule has 0 aromatic heterocycles. The topological polar surface area (TPSA) is 100 Å². The number of hydrogen-bond donors (Lipinski definition) is 1. The predicted molar refractivity (Wildman–Crippen MR) is 94.6 cm³/mol. The number of ether oxygens (including phenoxy) is 4. The number of nitrogens with one attached hydrogen (secondary N) is 1. The van der Waals surface area contributed by atoms with E-state index in [1.807, 2.05) is 0 Å². The lowest BCUT2D eigenvalue weighted by Crippen LogP contribution is -2.16. The summed E-state index contributed by atoms with van der Waals surface area (Å²) in [6, 6.07) is 5.58. The zero-order valence-electron chi connectivity index (χ0n) is 15.0. The Kier molecular flexibility index (Phi) is 6.11. The lowest BCUT2D eigenvalue weighted by atomic mass is 10.2. The van der Waals surface area contributed by atoms with Crippen molar-refractivity contribution in [3.8, 4) is 17.2 Å². The summed E-state index contributed by atoms with van der Waals surface area (Å²) in [6.45, 7) is 0. The molecule has 0 saturated carbocycles. The van der Waals surface area contributed by atoms with Gasteiger partial charge in [-0.1, -0.05) is 0 Å². The van der Waals surface area contributed by atoms with Crippen LogP contribution >= 0.6 is 0 Å². The van der Waals surface area contributed by atoms with Gasteiger partial charge in [0.25, 0.3) is 10.0 Å². The Labute approximate surface area is 155 Å². The minimum atomic E-state index is -4.36. The monoisotopic (exact) mass is 399 g/mol. The van der Waals surface area contributed by atoms with Crippen molar-refractivity contribution < 1.29 is 36.6 Å². The van der Waals surface area contributed by atoms with E-state index in [1.54, 1.807) is 0 Å². The van der Waals surface area contributed by atoms with Crippen LogP contribution in [0.3, 0.4) is 0 Å². The Balaban J connectivity index is 2.49. The lowest BCUT2D eigenvalue weighted by Gasteiger charge is -2.15. The minimum Gasteiger partial charge on any atom is -0.493 e. The first-order valence-electron chi connectivity index (χ1n) is 7.48. The first-order chi connectivity index (χ1) is 12.8. The molecule has 0 spiro atoms. The van der Waals surface area contributed by atoms with Crippen molar-refractivity contribution in [1.29, 1.82) is 0 Å². The molecule has 0 atom stereocenters. The highest BCUT2D eigenvalue weighted by Crippen LogP contribution is 2.40. The van der Waals surface area contributed by atoms with E-state index in [-0.39, 0.29) is 28.5 Å². The maximum atomic E-state index is 14.1. The highest BCUT2D eigenvalue weighted by molar-refractivity contribution is 7.92. The molecule has 0 saturated heterocycles. The zero-order valence-corrected chi connectivity index (χ0v) is 15.8.